The Balaban J connectivity index is 1.59. The molecule has 3 rings (SSSR count). The lowest BCUT2D eigenvalue weighted by Crippen LogP contribution is -2.20. The maximum Gasteiger partial charge on any atom is 0.200 e. The number of benzene rings is 2. The number of halogens is 2. The summed E-state index contributed by atoms with van der Waals surface area (Å²) >= 11 is 0. The van der Waals surface area contributed by atoms with Gasteiger partial charge in [0.15, 0.2) is 11.6 Å². The summed E-state index contributed by atoms with van der Waals surface area (Å²) in [6.45, 7) is 4.72. The van der Waals surface area contributed by atoms with Crippen LogP contribution in [0.5, 0.6) is 5.75 Å². The van der Waals surface area contributed by atoms with E-state index in [0.29, 0.717) is 18.8 Å². The predicted molar refractivity (Wildman–Crippen MR) is 112 cm³/mol. The Bertz CT molecular complexity index is 806. The molecule has 29 heavy (non-hydrogen) atoms. The summed E-state index contributed by atoms with van der Waals surface area (Å²) in [5, 5.41) is 0. The molecule has 1 aliphatic rings. The number of ether oxygens (including phenoxy) is 2. The first-order chi connectivity index (χ1) is 14.1. The molecule has 0 amide bonds. The van der Waals surface area contributed by atoms with Crippen LogP contribution in [0.25, 0.3) is 0 Å². The molecule has 0 bridgehead atoms. The maximum atomic E-state index is 14.6. The third-order valence-electron chi connectivity index (χ3n) is 5.44. The normalized spacial score (nSPS) is 19.6. The van der Waals surface area contributed by atoms with Gasteiger partial charge >= 0.3 is 0 Å². The van der Waals surface area contributed by atoms with E-state index in [0.717, 1.165) is 37.7 Å². The standard InChI is InChI=1S/C25H30F2O2/c1-3-5-6-7-18-8-10-19(11-9-18)22-14-12-20(17-29-22)21-13-15-23(28-16-4-2)25(27)24(21)26/h3,5,8-11,13,15,20,22H,4,6-7,12,14,16-17H2,1-2H3/b5-3+. The molecule has 2 nitrogen and oxygen atoms in total. The molecule has 2 aromatic carbocycles. The lowest BCUT2D eigenvalue weighted by Gasteiger charge is -2.30. The first-order valence-electron chi connectivity index (χ1n) is 10.6. The van der Waals surface area contributed by atoms with Crippen LogP contribution in [0.3, 0.4) is 0 Å². The van der Waals surface area contributed by atoms with Gasteiger partial charge in [-0.25, -0.2) is 4.39 Å². The van der Waals surface area contributed by atoms with E-state index < -0.39 is 11.6 Å². The van der Waals surface area contributed by atoms with Gasteiger partial charge < -0.3 is 9.47 Å². The minimum absolute atomic E-state index is 0.0101. The minimum atomic E-state index is -0.897. The second kappa shape index (κ2) is 10.5. The monoisotopic (exact) mass is 400 g/mol. The SMILES string of the molecule is C/C=C/CCc1ccc(C2CCC(c3ccc(OCCC)c(F)c3F)CO2)cc1. The molecule has 0 aliphatic carbocycles. The van der Waals surface area contributed by atoms with E-state index in [1.807, 2.05) is 13.8 Å². The van der Waals surface area contributed by atoms with Crippen molar-refractivity contribution in [2.75, 3.05) is 13.2 Å². The summed E-state index contributed by atoms with van der Waals surface area (Å²) in [7, 11) is 0. The van der Waals surface area contributed by atoms with Crippen molar-refractivity contribution in [1.29, 1.82) is 0 Å². The molecule has 0 aromatic heterocycles. The molecular formula is C25H30F2O2. The molecule has 156 valence electrons. The zero-order chi connectivity index (χ0) is 20.6. The Morgan fingerprint density at radius 1 is 1.07 bits per heavy atom. The van der Waals surface area contributed by atoms with Crippen LogP contribution in [-0.4, -0.2) is 13.2 Å². The predicted octanol–water partition coefficient (Wildman–Crippen LogP) is 6.90. The molecule has 0 saturated carbocycles. The number of aryl methyl sites for hydroxylation is 1. The van der Waals surface area contributed by atoms with Gasteiger partial charge in [-0.1, -0.05) is 49.4 Å². The van der Waals surface area contributed by atoms with Crippen LogP contribution in [0.1, 0.15) is 68.2 Å². The third-order valence-corrected chi connectivity index (χ3v) is 5.44. The fraction of sp³-hybridized carbons (Fsp3) is 0.440. The van der Waals surface area contributed by atoms with Crippen molar-refractivity contribution in [1.82, 2.24) is 0 Å². The molecular weight excluding hydrogens is 370 g/mol. The van der Waals surface area contributed by atoms with Gasteiger partial charge in [-0.05, 0) is 61.8 Å². The van der Waals surface area contributed by atoms with Crippen LogP contribution in [0.4, 0.5) is 8.78 Å². The van der Waals surface area contributed by atoms with Crippen molar-refractivity contribution in [3.63, 3.8) is 0 Å². The highest BCUT2D eigenvalue weighted by molar-refractivity contribution is 5.34. The summed E-state index contributed by atoms with van der Waals surface area (Å²) in [4.78, 5) is 0. The topological polar surface area (TPSA) is 18.5 Å². The Kier molecular flexibility index (Phi) is 7.82. The van der Waals surface area contributed by atoms with Crippen molar-refractivity contribution < 1.29 is 18.3 Å². The van der Waals surface area contributed by atoms with Crippen LogP contribution in [0.15, 0.2) is 48.6 Å². The van der Waals surface area contributed by atoms with Crippen molar-refractivity contribution >= 4 is 0 Å². The van der Waals surface area contributed by atoms with Gasteiger partial charge in [0.25, 0.3) is 0 Å². The van der Waals surface area contributed by atoms with Gasteiger partial charge in [0.2, 0.25) is 5.82 Å². The van der Waals surface area contributed by atoms with Crippen molar-refractivity contribution in [2.24, 2.45) is 0 Å². The number of rotatable bonds is 8. The lowest BCUT2D eigenvalue weighted by atomic mass is 9.89. The van der Waals surface area contributed by atoms with Crippen LogP contribution in [-0.2, 0) is 11.2 Å². The zero-order valence-electron chi connectivity index (χ0n) is 17.3. The molecule has 4 heteroatoms. The Labute approximate surface area is 172 Å². The molecule has 1 heterocycles. The zero-order valence-corrected chi connectivity index (χ0v) is 17.3. The fourth-order valence-corrected chi connectivity index (χ4v) is 3.76. The highest BCUT2D eigenvalue weighted by atomic mass is 19.2. The number of hydrogen-bond acceptors (Lipinski definition) is 2. The minimum Gasteiger partial charge on any atom is -0.490 e. The van der Waals surface area contributed by atoms with E-state index in [1.54, 1.807) is 6.07 Å². The highest BCUT2D eigenvalue weighted by Gasteiger charge is 2.28. The average molecular weight is 401 g/mol. The smallest absolute Gasteiger partial charge is 0.200 e. The first kappa shape index (κ1) is 21.5. The molecule has 2 unspecified atom stereocenters. The highest BCUT2D eigenvalue weighted by Crippen LogP contribution is 2.38. The van der Waals surface area contributed by atoms with E-state index in [1.165, 1.54) is 11.6 Å². The molecule has 1 fully saturated rings. The van der Waals surface area contributed by atoms with Crippen LogP contribution in [0.2, 0.25) is 0 Å². The van der Waals surface area contributed by atoms with E-state index in [-0.39, 0.29) is 17.8 Å². The molecule has 2 atom stereocenters. The van der Waals surface area contributed by atoms with Crippen molar-refractivity contribution in [3.8, 4) is 5.75 Å². The van der Waals surface area contributed by atoms with E-state index in [2.05, 4.69) is 36.4 Å². The number of hydrogen-bond donors (Lipinski definition) is 0. The second-order valence-electron chi connectivity index (χ2n) is 7.57. The third kappa shape index (κ3) is 5.45. The van der Waals surface area contributed by atoms with Gasteiger partial charge in [0.1, 0.15) is 0 Å². The van der Waals surface area contributed by atoms with E-state index in [4.69, 9.17) is 9.47 Å². The van der Waals surface area contributed by atoms with Gasteiger partial charge in [0.05, 0.1) is 19.3 Å². The summed E-state index contributed by atoms with van der Waals surface area (Å²) in [6.07, 6.45) is 8.62. The molecule has 1 aliphatic heterocycles. The molecule has 0 spiro atoms. The number of allylic oxidation sites excluding steroid dienone is 2. The summed E-state index contributed by atoms with van der Waals surface area (Å²) in [5.41, 5.74) is 2.83. The van der Waals surface area contributed by atoms with Crippen molar-refractivity contribution in [2.45, 2.75) is 58.0 Å². The summed E-state index contributed by atoms with van der Waals surface area (Å²) in [5.74, 6) is -1.86. The molecule has 2 aromatic rings. The molecule has 1 saturated heterocycles. The van der Waals surface area contributed by atoms with Gasteiger partial charge in [-0.2, -0.15) is 4.39 Å². The van der Waals surface area contributed by atoms with Gasteiger partial charge in [-0.15, -0.1) is 0 Å². The van der Waals surface area contributed by atoms with E-state index in [9.17, 15) is 8.78 Å². The second-order valence-corrected chi connectivity index (χ2v) is 7.57. The summed E-state index contributed by atoms with van der Waals surface area (Å²) < 4.78 is 40.1. The quantitative estimate of drug-likeness (QED) is 0.449. The van der Waals surface area contributed by atoms with Crippen molar-refractivity contribution in [3.05, 3.63) is 76.9 Å². The maximum absolute atomic E-state index is 14.6. The Morgan fingerprint density at radius 3 is 2.52 bits per heavy atom. The lowest BCUT2D eigenvalue weighted by molar-refractivity contribution is 0.00160. The van der Waals surface area contributed by atoms with E-state index >= 15 is 0 Å². The summed E-state index contributed by atoms with van der Waals surface area (Å²) in [6, 6.07) is 11.7. The largest absolute Gasteiger partial charge is 0.490 e. The fourth-order valence-electron chi connectivity index (χ4n) is 3.76. The Hall–Kier alpha value is -2.20. The average Bonchev–Trinajstić information content (AvgIpc) is 2.76. The van der Waals surface area contributed by atoms with Crippen LogP contribution < -0.4 is 4.74 Å². The van der Waals surface area contributed by atoms with Gasteiger partial charge in [0, 0.05) is 5.92 Å². The van der Waals surface area contributed by atoms with Gasteiger partial charge in [-0.3, -0.25) is 0 Å². The van der Waals surface area contributed by atoms with Crippen LogP contribution >= 0.6 is 0 Å². The molecule has 0 radical (unpaired) electrons. The first-order valence-corrected chi connectivity index (χ1v) is 10.6. The Morgan fingerprint density at radius 2 is 1.86 bits per heavy atom. The molecule has 0 N–H and O–H groups in total. The van der Waals surface area contributed by atoms with Crippen LogP contribution in [0, 0.1) is 11.6 Å².